The van der Waals surface area contributed by atoms with E-state index in [1.807, 2.05) is 11.9 Å². The molecule has 0 bridgehead atoms. The van der Waals surface area contributed by atoms with Gasteiger partial charge in [-0.05, 0) is 19.2 Å². The Bertz CT molecular complexity index is 1040. The number of fused-ring (bicyclic) bond motifs is 3. The lowest BCUT2D eigenvalue weighted by atomic mass is 10.2. The van der Waals surface area contributed by atoms with Gasteiger partial charge in [0.25, 0.3) is 5.65 Å². The standard InChI is InChI=1S/C14H14N8O4/c1-18-4-6-19(7-5-18)10-3-2-9-12(13(10)22(25)26)20-14(17-16-9)11(8-15-20)21(23)24/h2-3,8H,4-7H2,1H3. The van der Waals surface area contributed by atoms with E-state index in [0.29, 0.717) is 18.8 Å². The van der Waals surface area contributed by atoms with Crippen molar-refractivity contribution in [2.45, 2.75) is 0 Å². The molecule has 1 fully saturated rings. The summed E-state index contributed by atoms with van der Waals surface area (Å²) < 4.78 is 1.12. The largest absolute Gasteiger partial charge is 0.363 e. The highest BCUT2D eigenvalue weighted by atomic mass is 16.6. The summed E-state index contributed by atoms with van der Waals surface area (Å²) in [4.78, 5) is 25.9. The van der Waals surface area contributed by atoms with E-state index >= 15 is 0 Å². The Balaban J connectivity index is 1.99. The minimum absolute atomic E-state index is 0.101. The lowest BCUT2D eigenvalue weighted by Gasteiger charge is -2.33. The monoisotopic (exact) mass is 358 g/mol. The molecule has 0 aliphatic carbocycles. The number of anilines is 1. The van der Waals surface area contributed by atoms with Crippen LogP contribution in [0.5, 0.6) is 0 Å². The maximum atomic E-state index is 11.9. The van der Waals surface area contributed by atoms with Crippen molar-refractivity contribution in [3.05, 3.63) is 38.6 Å². The molecule has 134 valence electrons. The van der Waals surface area contributed by atoms with Crippen molar-refractivity contribution >= 4 is 33.7 Å². The Morgan fingerprint density at radius 3 is 2.42 bits per heavy atom. The Labute approximate surface area is 145 Å². The maximum absolute atomic E-state index is 11.9. The first-order valence-corrected chi connectivity index (χ1v) is 7.87. The predicted octanol–water partition coefficient (Wildman–Crippen LogP) is 0.846. The molecule has 1 aliphatic rings. The number of aromatic nitrogens is 4. The van der Waals surface area contributed by atoms with Crippen molar-refractivity contribution in [3.8, 4) is 0 Å². The van der Waals surface area contributed by atoms with E-state index < -0.39 is 9.85 Å². The first-order chi connectivity index (χ1) is 12.5. The molecule has 0 spiro atoms. The zero-order valence-corrected chi connectivity index (χ0v) is 13.8. The van der Waals surface area contributed by atoms with Crippen LogP contribution >= 0.6 is 0 Å². The van der Waals surface area contributed by atoms with Gasteiger partial charge in [-0.1, -0.05) is 0 Å². The third kappa shape index (κ3) is 2.38. The predicted molar refractivity (Wildman–Crippen MR) is 91.3 cm³/mol. The summed E-state index contributed by atoms with van der Waals surface area (Å²) in [6, 6.07) is 3.26. The number of likely N-dealkylation sites (N-methyl/N-ethyl adjacent to an activating group) is 1. The second kappa shape index (κ2) is 5.84. The zero-order valence-electron chi connectivity index (χ0n) is 13.8. The average molecular weight is 358 g/mol. The molecule has 12 nitrogen and oxygen atoms in total. The van der Waals surface area contributed by atoms with Crippen molar-refractivity contribution in [2.75, 3.05) is 38.1 Å². The molecule has 1 aromatic carbocycles. The fraction of sp³-hybridized carbons (Fsp3) is 0.357. The fourth-order valence-corrected chi connectivity index (χ4v) is 3.15. The first kappa shape index (κ1) is 16.1. The molecule has 0 unspecified atom stereocenters. The summed E-state index contributed by atoms with van der Waals surface area (Å²) in [6.07, 6.45) is 1.02. The third-order valence-corrected chi connectivity index (χ3v) is 4.52. The quantitative estimate of drug-likeness (QED) is 0.493. The normalized spacial score (nSPS) is 15.7. The number of benzene rings is 1. The van der Waals surface area contributed by atoms with E-state index in [4.69, 9.17) is 0 Å². The smallest absolute Gasteiger partial charge is 0.335 e. The van der Waals surface area contributed by atoms with Crippen molar-refractivity contribution in [1.82, 2.24) is 24.7 Å². The Morgan fingerprint density at radius 1 is 1.04 bits per heavy atom. The second-order valence-corrected chi connectivity index (χ2v) is 6.07. The summed E-state index contributed by atoms with van der Waals surface area (Å²) >= 11 is 0. The Morgan fingerprint density at radius 2 is 1.77 bits per heavy atom. The number of nitro groups is 2. The zero-order chi connectivity index (χ0) is 18.4. The van der Waals surface area contributed by atoms with E-state index in [-0.39, 0.29) is 28.1 Å². The van der Waals surface area contributed by atoms with Crippen LogP contribution in [-0.2, 0) is 0 Å². The van der Waals surface area contributed by atoms with Gasteiger partial charge >= 0.3 is 11.4 Å². The highest BCUT2D eigenvalue weighted by Gasteiger charge is 2.29. The molecule has 1 saturated heterocycles. The van der Waals surface area contributed by atoms with Crippen LogP contribution in [0.2, 0.25) is 0 Å². The van der Waals surface area contributed by atoms with Gasteiger partial charge < -0.3 is 9.80 Å². The molecule has 0 atom stereocenters. The summed E-state index contributed by atoms with van der Waals surface area (Å²) in [5, 5.41) is 34.7. The third-order valence-electron chi connectivity index (χ3n) is 4.52. The molecule has 0 N–H and O–H groups in total. The number of hydrogen-bond donors (Lipinski definition) is 0. The second-order valence-electron chi connectivity index (χ2n) is 6.07. The van der Waals surface area contributed by atoms with Gasteiger partial charge in [0.15, 0.2) is 5.52 Å². The Kier molecular flexibility index (Phi) is 3.61. The molecule has 0 amide bonds. The van der Waals surface area contributed by atoms with Crippen LogP contribution < -0.4 is 4.90 Å². The minimum atomic E-state index is -0.640. The molecular weight excluding hydrogens is 344 g/mol. The summed E-state index contributed by atoms with van der Waals surface area (Å²) in [5.74, 6) is 0. The molecule has 3 aromatic rings. The average Bonchev–Trinajstić information content (AvgIpc) is 3.05. The van der Waals surface area contributed by atoms with E-state index in [1.54, 1.807) is 12.1 Å². The van der Waals surface area contributed by atoms with Crippen molar-refractivity contribution in [3.63, 3.8) is 0 Å². The van der Waals surface area contributed by atoms with Gasteiger partial charge in [0, 0.05) is 26.2 Å². The Hall–Kier alpha value is -3.41. The summed E-state index contributed by atoms with van der Waals surface area (Å²) in [7, 11) is 1.99. The van der Waals surface area contributed by atoms with Crippen LogP contribution in [0, 0.1) is 20.2 Å². The van der Waals surface area contributed by atoms with Crippen molar-refractivity contribution < 1.29 is 9.85 Å². The summed E-state index contributed by atoms with van der Waals surface area (Å²) in [6.45, 7) is 2.85. The van der Waals surface area contributed by atoms with Gasteiger partial charge in [-0.2, -0.15) is 9.61 Å². The summed E-state index contributed by atoms with van der Waals surface area (Å²) in [5.41, 5.74) is 0.150. The van der Waals surface area contributed by atoms with Crippen molar-refractivity contribution in [2.24, 2.45) is 0 Å². The van der Waals surface area contributed by atoms with Gasteiger partial charge in [-0.15, -0.1) is 10.2 Å². The first-order valence-electron chi connectivity index (χ1n) is 7.87. The lowest BCUT2D eigenvalue weighted by molar-refractivity contribution is -0.383. The van der Waals surface area contributed by atoms with Crippen LogP contribution in [-0.4, -0.2) is 67.8 Å². The molecule has 3 heterocycles. The minimum Gasteiger partial charge on any atom is -0.363 e. The van der Waals surface area contributed by atoms with Crippen LogP contribution in [0.1, 0.15) is 0 Å². The van der Waals surface area contributed by atoms with Gasteiger partial charge in [-0.25, -0.2) is 0 Å². The SMILES string of the molecule is CN1CCN(c2ccc3nnc4c([N+](=O)[O-])cnn4c3c2[N+](=O)[O-])CC1. The molecular formula is C14H14N8O4. The highest BCUT2D eigenvalue weighted by Crippen LogP contribution is 2.36. The number of rotatable bonds is 3. The van der Waals surface area contributed by atoms with Crippen molar-refractivity contribution in [1.29, 1.82) is 0 Å². The van der Waals surface area contributed by atoms with Crippen LogP contribution in [0.25, 0.3) is 16.7 Å². The lowest BCUT2D eigenvalue weighted by Crippen LogP contribution is -2.44. The fourth-order valence-electron chi connectivity index (χ4n) is 3.15. The van der Waals surface area contributed by atoms with E-state index in [0.717, 1.165) is 23.8 Å². The van der Waals surface area contributed by atoms with Gasteiger partial charge in [0.1, 0.15) is 17.4 Å². The molecule has 0 saturated carbocycles. The van der Waals surface area contributed by atoms with Gasteiger partial charge in [-0.3, -0.25) is 20.2 Å². The van der Waals surface area contributed by atoms with Crippen LogP contribution in [0.4, 0.5) is 17.1 Å². The molecule has 2 aromatic heterocycles. The number of nitrogens with zero attached hydrogens (tertiary/aromatic N) is 8. The van der Waals surface area contributed by atoms with Gasteiger partial charge in [0.2, 0.25) is 0 Å². The van der Waals surface area contributed by atoms with Gasteiger partial charge in [0.05, 0.1) is 9.85 Å². The highest BCUT2D eigenvalue weighted by molar-refractivity contribution is 5.93. The van der Waals surface area contributed by atoms with Crippen LogP contribution in [0.15, 0.2) is 18.3 Å². The molecule has 26 heavy (non-hydrogen) atoms. The van der Waals surface area contributed by atoms with Crippen LogP contribution in [0.3, 0.4) is 0 Å². The van der Waals surface area contributed by atoms with E-state index in [9.17, 15) is 20.2 Å². The molecule has 12 heteroatoms. The topological polar surface area (TPSA) is 136 Å². The number of hydrogen-bond acceptors (Lipinski definition) is 9. The van der Waals surface area contributed by atoms with E-state index in [2.05, 4.69) is 20.2 Å². The molecule has 4 rings (SSSR count). The maximum Gasteiger partial charge on any atom is 0.335 e. The molecule has 0 radical (unpaired) electrons. The molecule has 1 aliphatic heterocycles. The number of nitro benzene ring substituents is 1. The van der Waals surface area contributed by atoms with E-state index in [1.165, 1.54) is 0 Å². The number of piperazine rings is 1.